The van der Waals surface area contributed by atoms with Gasteiger partial charge in [0.2, 0.25) is 0 Å². The van der Waals surface area contributed by atoms with Gasteiger partial charge in [-0.25, -0.2) is 9.37 Å². The van der Waals surface area contributed by atoms with Crippen molar-refractivity contribution in [2.75, 3.05) is 6.54 Å². The van der Waals surface area contributed by atoms with E-state index < -0.39 is 0 Å². The lowest BCUT2D eigenvalue weighted by Crippen LogP contribution is -2.08. The molecule has 0 radical (unpaired) electrons. The summed E-state index contributed by atoms with van der Waals surface area (Å²) in [5.74, 6) is 0.702. The molecule has 0 unspecified atom stereocenters. The van der Waals surface area contributed by atoms with E-state index in [9.17, 15) is 4.39 Å². The second kappa shape index (κ2) is 4.67. The molecule has 17 heavy (non-hydrogen) atoms. The average Bonchev–Trinajstić information content (AvgIpc) is 2.55. The Morgan fingerprint density at radius 3 is 2.82 bits per heavy atom. The van der Waals surface area contributed by atoms with Crippen LogP contribution in [-0.2, 0) is 13.5 Å². The molecule has 1 aromatic carbocycles. The Kier molecular flexibility index (Phi) is 3.24. The Balaban J connectivity index is 2.52. The van der Waals surface area contributed by atoms with Gasteiger partial charge in [-0.1, -0.05) is 12.1 Å². The van der Waals surface area contributed by atoms with E-state index >= 15 is 0 Å². The highest BCUT2D eigenvalue weighted by Gasteiger charge is 2.12. The highest BCUT2D eigenvalue weighted by Crippen LogP contribution is 2.24. The Bertz CT molecular complexity index is 531. The van der Waals surface area contributed by atoms with Gasteiger partial charge >= 0.3 is 0 Å². The summed E-state index contributed by atoms with van der Waals surface area (Å²) >= 11 is 0. The Morgan fingerprint density at radius 2 is 2.18 bits per heavy atom. The first-order valence-corrected chi connectivity index (χ1v) is 5.61. The third kappa shape index (κ3) is 2.22. The SMILES string of the molecule is Cc1nc(CCN)n(C)c1-c1cccc(F)c1. The summed E-state index contributed by atoms with van der Waals surface area (Å²) in [5.41, 5.74) is 8.24. The topological polar surface area (TPSA) is 43.8 Å². The zero-order valence-corrected chi connectivity index (χ0v) is 10.1. The molecular formula is C13H16FN3. The lowest BCUT2D eigenvalue weighted by atomic mass is 10.1. The summed E-state index contributed by atoms with van der Waals surface area (Å²) in [6.45, 7) is 2.49. The van der Waals surface area contributed by atoms with Crippen molar-refractivity contribution >= 4 is 0 Å². The molecule has 2 aromatic rings. The monoisotopic (exact) mass is 233 g/mol. The van der Waals surface area contributed by atoms with Gasteiger partial charge in [-0.05, 0) is 25.6 Å². The third-order valence-corrected chi connectivity index (χ3v) is 2.83. The molecule has 1 heterocycles. The van der Waals surface area contributed by atoms with E-state index in [1.54, 1.807) is 6.07 Å². The fraction of sp³-hybridized carbons (Fsp3) is 0.308. The molecule has 0 aliphatic heterocycles. The Hall–Kier alpha value is -1.68. The molecule has 0 atom stereocenters. The number of imidazole rings is 1. The third-order valence-electron chi connectivity index (χ3n) is 2.83. The number of aryl methyl sites for hydroxylation is 1. The average molecular weight is 233 g/mol. The van der Waals surface area contributed by atoms with Gasteiger partial charge < -0.3 is 10.3 Å². The molecule has 2 N–H and O–H groups in total. The summed E-state index contributed by atoms with van der Waals surface area (Å²) < 4.78 is 15.2. The summed E-state index contributed by atoms with van der Waals surface area (Å²) in [4.78, 5) is 4.47. The maximum absolute atomic E-state index is 13.2. The molecule has 4 heteroatoms. The normalized spacial score (nSPS) is 10.8. The van der Waals surface area contributed by atoms with Gasteiger partial charge in [0.25, 0.3) is 0 Å². The molecule has 90 valence electrons. The molecule has 0 fully saturated rings. The molecule has 0 spiro atoms. The first kappa shape index (κ1) is 11.8. The Labute approximate surface area is 100 Å². The number of rotatable bonds is 3. The fourth-order valence-corrected chi connectivity index (χ4v) is 2.08. The van der Waals surface area contributed by atoms with Crippen molar-refractivity contribution in [1.82, 2.24) is 9.55 Å². The molecule has 0 saturated carbocycles. The smallest absolute Gasteiger partial charge is 0.123 e. The van der Waals surface area contributed by atoms with Gasteiger partial charge in [0.05, 0.1) is 11.4 Å². The van der Waals surface area contributed by atoms with E-state index in [0.717, 1.165) is 29.2 Å². The largest absolute Gasteiger partial charge is 0.331 e. The van der Waals surface area contributed by atoms with Crippen LogP contribution in [0.2, 0.25) is 0 Å². The van der Waals surface area contributed by atoms with Crippen molar-refractivity contribution in [3.63, 3.8) is 0 Å². The van der Waals surface area contributed by atoms with Crippen LogP contribution in [-0.4, -0.2) is 16.1 Å². The van der Waals surface area contributed by atoms with Crippen LogP contribution in [0.4, 0.5) is 4.39 Å². The van der Waals surface area contributed by atoms with E-state index in [4.69, 9.17) is 5.73 Å². The summed E-state index contributed by atoms with van der Waals surface area (Å²) in [6.07, 6.45) is 0.729. The van der Waals surface area contributed by atoms with Crippen LogP contribution in [0.15, 0.2) is 24.3 Å². The van der Waals surface area contributed by atoms with Gasteiger partial charge in [-0.2, -0.15) is 0 Å². The van der Waals surface area contributed by atoms with Gasteiger partial charge in [0.15, 0.2) is 0 Å². The molecule has 3 nitrogen and oxygen atoms in total. The van der Waals surface area contributed by atoms with Crippen LogP contribution < -0.4 is 5.73 Å². The van der Waals surface area contributed by atoms with Crippen LogP contribution in [0.1, 0.15) is 11.5 Å². The van der Waals surface area contributed by atoms with Crippen molar-refractivity contribution in [3.8, 4) is 11.3 Å². The predicted molar refractivity (Wildman–Crippen MR) is 66.1 cm³/mol. The van der Waals surface area contributed by atoms with Gasteiger partial charge in [0.1, 0.15) is 11.6 Å². The second-order valence-electron chi connectivity index (χ2n) is 4.07. The molecule has 1 aromatic heterocycles. The van der Waals surface area contributed by atoms with Crippen LogP contribution in [0.3, 0.4) is 0 Å². The van der Waals surface area contributed by atoms with E-state index in [-0.39, 0.29) is 5.82 Å². The standard InChI is InChI=1S/C13H16FN3/c1-9-13(10-4-3-5-11(14)8-10)17(2)12(16-9)6-7-15/h3-5,8H,6-7,15H2,1-2H3. The number of hydrogen-bond acceptors (Lipinski definition) is 2. The molecule has 0 aliphatic rings. The summed E-state index contributed by atoms with van der Waals surface area (Å²) in [5, 5.41) is 0. The minimum atomic E-state index is -0.233. The zero-order chi connectivity index (χ0) is 12.4. The second-order valence-corrected chi connectivity index (χ2v) is 4.07. The molecule has 0 aliphatic carbocycles. The van der Waals surface area contributed by atoms with Crippen molar-refractivity contribution in [3.05, 3.63) is 41.6 Å². The van der Waals surface area contributed by atoms with Gasteiger partial charge in [-0.15, -0.1) is 0 Å². The maximum atomic E-state index is 13.2. The van der Waals surface area contributed by atoms with Gasteiger partial charge in [-0.3, -0.25) is 0 Å². The van der Waals surface area contributed by atoms with Gasteiger partial charge in [0, 0.05) is 19.0 Å². The van der Waals surface area contributed by atoms with E-state index in [1.165, 1.54) is 12.1 Å². The number of hydrogen-bond donors (Lipinski definition) is 1. The highest BCUT2D eigenvalue weighted by atomic mass is 19.1. The number of nitrogens with two attached hydrogens (primary N) is 1. The molecule has 0 amide bonds. The van der Waals surface area contributed by atoms with Crippen molar-refractivity contribution in [2.24, 2.45) is 12.8 Å². The predicted octanol–water partition coefficient (Wildman–Crippen LogP) is 2.04. The quantitative estimate of drug-likeness (QED) is 0.881. The summed E-state index contributed by atoms with van der Waals surface area (Å²) in [7, 11) is 1.94. The first-order valence-electron chi connectivity index (χ1n) is 5.61. The number of nitrogens with zero attached hydrogens (tertiary/aromatic N) is 2. The lowest BCUT2D eigenvalue weighted by Gasteiger charge is -2.06. The van der Waals surface area contributed by atoms with Crippen molar-refractivity contribution < 1.29 is 4.39 Å². The van der Waals surface area contributed by atoms with Crippen LogP contribution in [0.5, 0.6) is 0 Å². The van der Waals surface area contributed by atoms with E-state index in [0.29, 0.717) is 6.54 Å². The maximum Gasteiger partial charge on any atom is 0.123 e. The van der Waals surface area contributed by atoms with E-state index in [1.807, 2.05) is 24.6 Å². The van der Waals surface area contributed by atoms with Crippen LogP contribution in [0.25, 0.3) is 11.3 Å². The Morgan fingerprint density at radius 1 is 1.41 bits per heavy atom. The minimum absolute atomic E-state index is 0.233. The van der Waals surface area contributed by atoms with Crippen LogP contribution >= 0.6 is 0 Å². The van der Waals surface area contributed by atoms with Crippen molar-refractivity contribution in [1.29, 1.82) is 0 Å². The first-order chi connectivity index (χ1) is 8.13. The van der Waals surface area contributed by atoms with Crippen molar-refractivity contribution in [2.45, 2.75) is 13.3 Å². The van der Waals surface area contributed by atoms with E-state index in [2.05, 4.69) is 4.98 Å². The number of halogens is 1. The molecular weight excluding hydrogens is 217 g/mol. The molecule has 2 rings (SSSR count). The molecule has 0 saturated heterocycles. The highest BCUT2D eigenvalue weighted by molar-refractivity contribution is 5.62. The fourth-order valence-electron chi connectivity index (χ4n) is 2.08. The summed E-state index contributed by atoms with van der Waals surface area (Å²) in [6, 6.07) is 6.56. The number of benzene rings is 1. The molecule has 0 bridgehead atoms. The lowest BCUT2D eigenvalue weighted by molar-refractivity contribution is 0.628. The van der Waals surface area contributed by atoms with Crippen LogP contribution in [0, 0.1) is 12.7 Å². The number of aromatic nitrogens is 2. The minimum Gasteiger partial charge on any atom is -0.331 e. The zero-order valence-electron chi connectivity index (χ0n) is 10.1.